The molecule has 0 aromatic heterocycles. The second kappa shape index (κ2) is 7.99. The van der Waals surface area contributed by atoms with Crippen molar-refractivity contribution in [1.82, 2.24) is 0 Å². The van der Waals surface area contributed by atoms with E-state index in [2.05, 4.69) is 32.2 Å². The quantitative estimate of drug-likeness (QED) is 0.671. The summed E-state index contributed by atoms with van der Waals surface area (Å²) < 4.78 is 5.82. The number of unbranched alkanes of at least 4 members (excludes halogenated alkanes) is 3. The Hall–Kier alpha value is -1.18. The highest BCUT2D eigenvalue weighted by molar-refractivity contribution is 5.56. The number of benzene rings is 1. The second-order valence-electron chi connectivity index (χ2n) is 4.70. The van der Waals surface area contributed by atoms with Crippen molar-refractivity contribution in [3.63, 3.8) is 0 Å². The van der Waals surface area contributed by atoms with Crippen LogP contribution in [0, 0.1) is 0 Å². The van der Waals surface area contributed by atoms with E-state index in [1.807, 2.05) is 18.2 Å². The fraction of sp³-hybridized carbons (Fsp3) is 0.600. The normalized spacial score (nSPS) is 10.6. The summed E-state index contributed by atoms with van der Waals surface area (Å²) in [6.07, 6.45) is 4.97. The maximum absolute atomic E-state index is 5.82. The van der Waals surface area contributed by atoms with Gasteiger partial charge in [0.05, 0.1) is 12.3 Å². The molecule has 0 amide bonds. The van der Waals surface area contributed by atoms with Crippen molar-refractivity contribution in [2.75, 3.05) is 11.9 Å². The average Bonchev–Trinajstić information content (AvgIpc) is 2.30. The van der Waals surface area contributed by atoms with E-state index >= 15 is 0 Å². The molecule has 2 nitrogen and oxygen atoms in total. The first-order valence-electron chi connectivity index (χ1n) is 6.72. The SMILES string of the molecule is CCCCCCOc1ccccc1NC(C)C. The van der Waals surface area contributed by atoms with Gasteiger partial charge in [0.15, 0.2) is 0 Å². The average molecular weight is 235 g/mol. The Balaban J connectivity index is 2.40. The summed E-state index contributed by atoms with van der Waals surface area (Å²) in [5.74, 6) is 0.970. The zero-order valence-electron chi connectivity index (χ0n) is 11.3. The summed E-state index contributed by atoms with van der Waals surface area (Å²) >= 11 is 0. The minimum absolute atomic E-state index is 0.430. The topological polar surface area (TPSA) is 21.3 Å². The molecule has 1 aromatic rings. The Labute approximate surface area is 105 Å². The number of anilines is 1. The molecule has 2 heteroatoms. The Morgan fingerprint density at radius 2 is 1.88 bits per heavy atom. The molecule has 0 saturated carbocycles. The first-order valence-corrected chi connectivity index (χ1v) is 6.72. The molecule has 0 saturated heterocycles. The van der Waals surface area contributed by atoms with Crippen molar-refractivity contribution in [2.24, 2.45) is 0 Å². The Morgan fingerprint density at radius 1 is 1.12 bits per heavy atom. The number of para-hydroxylation sites is 2. The van der Waals surface area contributed by atoms with Crippen molar-refractivity contribution in [3.05, 3.63) is 24.3 Å². The van der Waals surface area contributed by atoms with E-state index in [9.17, 15) is 0 Å². The van der Waals surface area contributed by atoms with Gasteiger partial charge in [-0.05, 0) is 32.4 Å². The van der Waals surface area contributed by atoms with E-state index in [-0.39, 0.29) is 0 Å². The van der Waals surface area contributed by atoms with Crippen LogP contribution in [-0.4, -0.2) is 12.6 Å². The number of hydrogen-bond acceptors (Lipinski definition) is 2. The molecule has 0 unspecified atom stereocenters. The van der Waals surface area contributed by atoms with Gasteiger partial charge < -0.3 is 10.1 Å². The third kappa shape index (κ3) is 5.62. The first-order chi connectivity index (χ1) is 8.24. The van der Waals surface area contributed by atoms with Crippen LogP contribution >= 0.6 is 0 Å². The molecule has 1 aromatic carbocycles. The van der Waals surface area contributed by atoms with E-state index in [0.29, 0.717) is 6.04 Å². The lowest BCUT2D eigenvalue weighted by atomic mass is 10.2. The highest BCUT2D eigenvalue weighted by Crippen LogP contribution is 2.24. The molecule has 0 aliphatic carbocycles. The number of hydrogen-bond donors (Lipinski definition) is 1. The molecule has 0 fully saturated rings. The highest BCUT2D eigenvalue weighted by atomic mass is 16.5. The van der Waals surface area contributed by atoms with Crippen molar-refractivity contribution in [2.45, 2.75) is 52.5 Å². The van der Waals surface area contributed by atoms with E-state index < -0.39 is 0 Å². The van der Waals surface area contributed by atoms with Gasteiger partial charge in [-0.3, -0.25) is 0 Å². The molecule has 0 heterocycles. The van der Waals surface area contributed by atoms with E-state index in [1.54, 1.807) is 0 Å². The zero-order valence-corrected chi connectivity index (χ0v) is 11.3. The van der Waals surface area contributed by atoms with Crippen LogP contribution in [0.4, 0.5) is 5.69 Å². The Kier molecular flexibility index (Phi) is 6.53. The lowest BCUT2D eigenvalue weighted by Crippen LogP contribution is -2.11. The molecule has 0 spiro atoms. The van der Waals surface area contributed by atoms with E-state index in [0.717, 1.165) is 24.5 Å². The van der Waals surface area contributed by atoms with Gasteiger partial charge in [-0.25, -0.2) is 0 Å². The van der Waals surface area contributed by atoms with Gasteiger partial charge in [0, 0.05) is 6.04 Å². The predicted molar refractivity (Wildman–Crippen MR) is 74.8 cm³/mol. The van der Waals surface area contributed by atoms with Crippen LogP contribution in [0.3, 0.4) is 0 Å². The van der Waals surface area contributed by atoms with Crippen LogP contribution < -0.4 is 10.1 Å². The van der Waals surface area contributed by atoms with Crippen molar-refractivity contribution < 1.29 is 4.74 Å². The fourth-order valence-electron chi connectivity index (χ4n) is 1.73. The van der Waals surface area contributed by atoms with E-state index in [4.69, 9.17) is 4.74 Å². The van der Waals surface area contributed by atoms with Gasteiger partial charge in [0.25, 0.3) is 0 Å². The third-order valence-electron chi connectivity index (χ3n) is 2.59. The van der Waals surface area contributed by atoms with Crippen LogP contribution in [0.2, 0.25) is 0 Å². The summed E-state index contributed by atoms with van der Waals surface area (Å²) in [7, 11) is 0. The van der Waals surface area contributed by atoms with Crippen LogP contribution in [0.5, 0.6) is 5.75 Å². The van der Waals surface area contributed by atoms with Crippen molar-refractivity contribution in [3.8, 4) is 5.75 Å². The van der Waals surface area contributed by atoms with Gasteiger partial charge in [-0.15, -0.1) is 0 Å². The summed E-state index contributed by atoms with van der Waals surface area (Å²) in [6.45, 7) is 7.32. The molecular weight excluding hydrogens is 210 g/mol. The molecule has 0 atom stereocenters. The highest BCUT2D eigenvalue weighted by Gasteiger charge is 2.03. The minimum Gasteiger partial charge on any atom is -0.491 e. The van der Waals surface area contributed by atoms with Crippen LogP contribution in [-0.2, 0) is 0 Å². The zero-order chi connectivity index (χ0) is 12.5. The standard InChI is InChI=1S/C15H25NO/c1-4-5-6-9-12-17-15-11-8-7-10-14(15)16-13(2)3/h7-8,10-11,13,16H,4-6,9,12H2,1-3H3. The van der Waals surface area contributed by atoms with Gasteiger partial charge >= 0.3 is 0 Å². The molecule has 0 bridgehead atoms. The number of nitrogens with one attached hydrogen (secondary N) is 1. The van der Waals surface area contributed by atoms with Gasteiger partial charge in [0.2, 0.25) is 0 Å². The number of ether oxygens (including phenoxy) is 1. The summed E-state index contributed by atoms with van der Waals surface area (Å²) in [4.78, 5) is 0. The molecule has 96 valence electrons. The fourth-order valence-corrected chi connectivity index (χ4v) is 1.73. The molecule has 0 aliphatic heterocycles. The predicted octanol–water partition coefficient (Wildman–Crippen LogP) is 4.47. The van der Waals surface area contributed by atoms with Crippen molar-refractivity contribution >= 4 is 5.69 Å². The molecule has 1 rings (SSSR count). The molecule has 1 N–H and O–H groups in total. The summed E-state index contributed by atoms with van der Waals surface area (Å²) in [6, 6.07) is 8.59. The van der Waals surface area contributed by atoms with Gasteiger partial charge in [-0.2, -0.15) is 0 Å². The lowest BCUT2D eigenvalue weighted by molar-refractivity contribution is 0.306. The second-order valence-corrected chi connectivity index (χ2v) is 4.70. The molecular formula is C15H25NO. The monoisotopic (exact) mass is 235 g/mol. The molecule has 17 heavy (non-hydrogen) atoms. The van der Waals surface area contributed by atoms with E-state index in [1.165, 1.54) is 19.3 Å². The largest absolute Gasteiger partial charge is 0.491 e. The molecule has 0 radical (unpaired) electrons. The number of rotatable bonds is 8. The smallest absolute Gasteiger partial charge is 0.142 e. The van der Waals surface area contributed by atoms with Gasteiger partial charge in [0.1, 0.15) is 5.75 Å². The van der Waals surface area contributed by atoms with Crippen LogP contribution in [0.25, 0.3) is 0 Å². The van der Waals surface area contributed by atoms with Crippen LogP contribution in [0.15, 0.2) is 24.3 Å². The lowest BCUT2D eigenvalue weighted by Gasteiger charge is -2.15. The first kappa shape index (κ1) is 13.9. The maximum atomic E-state index is 5.82. The van der Waals surface area contributed by atoms with Crippen molar-refractivity contribution in [1.29, 1.82) is 0 Å². The summed E-state index contributed by atoms with van der Waals surface area (Å²) in [5, 5.41) is 3.40. The maximum Gasteiger partial charge on any atom is 0.142 e. The summed E-state index contributed by atoms with van der Waals surface area (Å²) in [5.41, 5.74) is 1.10. The van der Waals surface area contributed by atoms with Gasteiger partial charge in [-0.1, -0.05) is 38.3 Å². The third-order valence-corrected chi connectivity index (χ3v) is 2.59. The Morgan fingerprint density at radius 3 is 2.59 bits per heavy atom. The Bertz CT molecular complexity index is 310. The molecule has 0 aliphatic rings. The van der Waals surface area contributed by atoms with Crippen LogP contribution in [0.1, 0.15) is 46.5 Å². The minimum atomic E-state index is 0.430.